The van der Waals surface area contributed by atoms with Gasteiger partial charge in [0.15, 0.2) is 11.3 Å². The predicted octanol–water partition coefficient (Wildman–Crippen LogP) is 5.10. The van der Waals surface area contributed by atoms with E-state index in [4.69, 9.17) is 21.1 Å². The standard InChI is InChI=1S/C31H30ClN5O6/c1-16-17-12-13-22(19(17)11-10-18(16)29(40)43-31(2,3)4)35-28(39)25-14-24(30(41)42-5)34-26-20(15-33-37(25)26)27(38)36-23-9-7-6-8-21(23)32/h6-11,14-15,22H,12-13H2,1-5H3,(H,35,39)(H,36,38). The van der Waals surface area contributed by atoms with Crippen molar-refractivity contribution in [2.75, 3.05) is 12.4 Å². The predicted molar refractivity (Wildman–Crippen MR) is 159 cm³/mol. The SMILES string of the molecule is COC(=O)c1cc(C(=O)NC2CCc3c2ccc(C(=O)OC(C)(C)C)c3C)n2ncc(C(=O)Nc3ccccc3Cl)c2n1. The highest BCUT2D eigenvalue weighted by atomic mass is 35.5. The Kier molecular flexibility index (Phi) is 7.94. The number of esters is 2. The molecule has 0 saturated carbocycles. The quantitative estimate of drug-likeness (QED) is 0.290. The van der Waals surface area contributed by atoms with E-state index >= 15 is 0 Å². The van der Waals surface area contributed by atoms with Gasteiger partial charge in [-0.05, 0) is 75.4 Å². The average molecular weight is 604 g/mol. The van der Waals surface area contributed by atoms with E-state index in [2.05, 4.69) is 20.7 Å². The number of carbonyl (C=O) groups excluding carboxylic acids is 4. The Balaban J connectivity index is 1.46. The minimum atomic E-state index is -0.785. The highest BCUT2D eigenvalue weighted by Gasteiger charge is 2.30. The Hall–Kier alpha value is -4.77. The van der Waals surface area contributed by atoms with Gasteiger partial charge in [-0.3, -0.25) is 9.59 Å². The Morgan fingerprint density at radius 3 is 2.47 bits per heavy atom. The summed E-state index contributed by atoms with van der Waals surface area (Å²) in [5.74, 6) is -2.30. The Morgan fingerprint density at radius 2 is 1.77 bits per heavy atom. The first-order valence-corrected chi connectivity index (χ1v) is 13.9. The van der Waals surface area contributed by atoms with Crippen LogP contribution in [-0.2, 0) is 15.9 Å². The zero-order valence-corrected chi connectivity index (χ0v) is 25.0. The van der Waals surface area contributed by atoms with Gasteiger partial charge in [0.25, 0.3) is 11.8 Å². The molecular weight excluding hydrogens is 574 g/mol. The summed E-state index contributed by atoms with van der Waals surface area (Å²) in [7, 11) is 1.19. The van der Waals surface area contributed by atoms with Crippen molar-refractivity contribution in [3.63, 3.8) is 0 Å². The maximum Gasteiger partial charge on any atom is 0.356 e. The first kappa shape index (κ1) is 29.7. The van der Waals surface area contributed by atoms with Crippen LogP contribution in [0.3, 0.4) is 0 Å². The second kappa shape index (κ2) is 11.5. The van der Waals surface area contributed by atoms with Crippen molar-refractivity contribution in [2.45, 2.75) is 52.2 Å². The third kappa shape index (κ3) is 5.94. The number of nitrogens with one attached hydrogen (secondary N) is 2. The van der Waals surface area contributed by atoms with E-state index in [9.17, 15) is 19.2 Å². The van der Waals surface area contributed by atoms with E-state index in [1.807, 2.05) is 33.8 Å². The lowest BCUT2D eigenvalue weighted by Gasteiger charge is -2.21. The number of benzene rings is 2. The molecule has 2 aromatic heterocycles. The number of rotatable bonds is 6. The lowest BCUT2D eigenvalue weighted by Crippen LogP contribution is -2.30. The number of methoxy groups -OCH3 is 1. The molecule has 2 heterocycles. The molecule has 0 fully saturated rings. The maximum atomic E-state index is 13.7. The molecule has 0 saturated heterocycles. The lowest BCUT2D eigenvalue weighted by molar-refractivity contribution is 0.00681. The maximum absolute atomic E-state index is 13.7. The fraction of sp³-hybridized carbons (Fsp3) is 0.290. The number of carbonyl (C=O) groups is 4. The molecule has 5 rings (SSSR count). The molecule has 1 unspecified atom stereocenters. The summed E-state index contributed by atoms with van der Waals surface area (Å²) in [5.41, 5.74) is 2.73. The molecule has 4 aromatic rings. The molecule has 1 aliphatic carbocycles. The number of halogens is 1. The van der Waals surface area contributed by atoms with E-state index in [0.29, 0.717) is 29.1 Å². The number of para-hydroxylation sites is 1. The van der Waals surface area contributed by atoms with Crippen molar-refractivity contribution in [1.82, 2.24) is 19.9 Å². The molecule has 2 aromatic carbocycles. The fourth-order valence-electron chi connectivity index (χ4n) is 5.06. The van der Waals surface area contributed by atoms with Gasteiger partial charge in [-0.15, -0.1) is 0 Å². The molecule has 12 heteroatoms. The van der Waals surface area contributed by atoms with Gasteiger partial charge in [0, 0.05) is 6.07 Å². The number of amides is 2. The lowest BCUT2D eigenvalue weighted by atomic mass is 9.97. The van der Waals surface area contributed by atoms with Gasteiger partial charge >= 0.3 is 11.9 Å². The van der Waals surface area contributed by atoms with Crippen LogP contribution in [0.4, 0.5) is 5.69 Å². The van der Waals surface area contributed by atoms with Crippen molar-refractivity contribution >= 4 is 46.7 Å². The second-order valence-corrected chi connectivity index (χ2v) is 11.5. The van der Waals surface area contributed by atoms with Gasteiger partial charge in [0.1, 0.15) is 16.9 Å². The molecule has 0 aliphatic heterocycles. The van der Waals surface area contributed by atoms with E-state index in [1.165, 1.54) is 23.9 Å². The number of fused-ring (bicyclic) bond motifs is 2. The van der Waals surface area contributed by atoms with Crippen LogP contribution in [0.2, 0.25) is 5.02 Å². The summed E-state index contributed by atoms with van der Waals surface area (Å²) in [5, 5.41) is 10.3. The van der Waals surface area contributed by atoms with Crippen LogP contribution in [0, 0.1) is 6.92 Å². The van der Waals surface area contributed by atoms with E-state index in [1.54, 1.807) is 30.3 Å². The number of nitrogens with zero attached hydrogens (tertiary/aromatic N) is 3. The fourth-order valence-corrected chi connectivity index (χ4v) is 5.25. The Morgan fingerprint density at radius 1 is 1.02 bits per heavy atom. The largest absolute Gasteiger partial charge is 0.464 e. The van der Waals surface area contributed by atoms with Gasteiger partial charge in [-0.2, -0.15) is 5.10 Å². The smallest absolute Gasteiger partial charge is 0.356 e. The van der Waals surface area contributed by atoms with Crippen LogP contribution in [0.5, 0.6) is 0 Å². The molecule has 1 aliphatic rings. The molecule has 2 amide bonds. The zero-order valence-electron chi connectivity index (χ0n) is 24.3. The molecule has 1 atom stereocenters. The molecule has 0 bridgehead atoms. The first-order valence-electron chi connectivity index (χ1n) is 13.6. The average Bonchev–Trinajstić information content (AvgIpc) is 3.57. The van der Waals surface area contributed by atoms with Crippen LogP contribution in [-0.4, -0.2) is 51.1 Å². The molecule has 11 nitrogen and oxygen atoms in total. The van der Waals surface area contributed by atoms with Gasteiger partial charge in [-0.1, -0.05) is 29.8 Å². The molecule has 0 radical (unpaired) electrons. The van der Waals surface area contributed by atoms with Gasteiger partial charge < -0.3 is 20.1 Å². The molecule has 0 spiro atoms. The number of hydrogen-bond acceptors (Lipinski definition) is 8. The highest BCUT2D eigenvalue weighted by molar-refractivity contribution is 6.34. The summed E-state index contributed by atoms with van der Waals surface area (Å²) in [4.78, 5) is 56.3. The van der Waals surface area contributed by atoms with Crippen LogP contribution in [0.1, 0.15) is 91.6 Å². The number of aromatic nitrogens is 3. The van der Waals surface area contributed by atoms with Crippen molar-refractivity contribution < 1.29 is 28.7 Å². The first-order chi connectivity index (χ1) is 20.4. The van der Waals surface area contributed by atoms with E-state index in [0.717, 1.165) is 16.7 Å². The minimum Gasteiger partial charge on any atom is -0.464 e. The van der Waals surface area contributed by atoms with Gasteiger partial charge in [-0.25, -0.2) is 19.1 Å². The van der Waals surface area contributed by atoms with Crippen LogP contribution < -0.4 is 10.6 Å². The highest BCUT2D eigenvalue weighted by Crippen LogP contribution is 2.35. The number of hydrogen-bond donors (Lipinski definition) is 2. The van der Waals surface area contributed by atoms with Crippen LogP contribution >= 0.6 is 11.6 Å². The Bertz CT molecular complexity index is 1790. The summed E-state index contributed by atoms with van der Waals surface area (Å²) < 4.78 is 11.6. The van der Waals surface area contributed by atoms with E-state index < -0.39 is 29.4 Å². The molecule has 222 valence electrons. The monoisotopic (exact) mass is 603 g/mol. The summed E-state index contributed by atoms with van der Waals surface area (Å²) in [6, 6.07) is 11.2. The van der Waals surface area contributed by atoms with Crippen molar-refractivity contribution in [2.24, 2.45) is 0 Å². The molecular formula is C31H30ClN5O6. The van der Waals surface area contributed by atoms with Gasteiger partial charge in [0.2, 0.25) is 0 Å². The van der Waals surface area contributed by atoms with Crippen LogP contribution in [0.25, 0.3) is 5.65 Å². The third-order valence-corrected chi connectivity index (χ3v) is 7.41. The summed E-state index contributed by atoms with van der Waals surface area (Å²) in [6.07, 6.45) is 2.51. The normalized spacial score (nSPS) is 14.2. The van der Waals surface area contributed by atoms with Crippen molar-refractivity contribution in [3.05, 3.63) is 92.9 Å². The number of anilines is 1. The van der Waals surface area contributed by atoms with Gasteiger partial charge in [0.05, 0.1) is 35.6 Å². The second-order valence-electron chi connectivity index (χ2n) is 11.1. The minimum absolute atomic E-state index is 0.0118. The van der Waals surface area contributed by atoms with Crippen molar-refractivity contribution in [3.8, 4) is 0 Å². The summed E-state index contributed by atoms with van der Waals surface area (Å²) in [6.45, 7) is 7.31. The molecule has 2 N–H and O–H groups in total. The van der Waals surface area contributed by atoms with E-state index in [-0.39, 0.29) is 28.6 Å². The topological polar surface area (TPSA) is 141 Å². The third-order valence-electron chi connectivity index (χ3n) is 7.08. The van der Waals surface area contributed by atoms with Crippen LogP contribution in [0.15, 0.2) is 48.7 Å². The number of ether oxygens (including phenoxy) is 2. The summed E-state index contributed by atoms with van der Waals surface area (Å²) >= 11 is 6.19. The van der Waals surface area contributed by atoms with Crippen molar-refractivity contribution in [1.29, 1.82) is 0 Å². The molecule has 43 heavy (non-hydrogen) atoms. The zero-order chi connectivity index (χ0) is 31.1. The Labute approximate surface area is 252 Å².